The molecule has 2 aliphatic heterocycles. The number of carbonyl (C=O) groups excluding carboxylic acids is 2. The van der Waals surface area contributed by atoms with Crippen LogP contribution >= 0.6 is 0 Å². The number of ketones is 1. The van der Waals surface area contributed by atoms with Gasteiger partial charge in [0.25, 0.3) is 5.91 Å². The van der Waals surface area contributed by atoms with E-state index in [4.69, 9.17) is 14.2 Å². The maximum Gasteiger partial charge on any atom is 0.295 e. The van der Waals surface area contributed by atoms with Crippen LogP contribution in [-0.2, 0) is 14.3 Å². The van der Waals surface area contributed by atoms with Crippen molar-refractivity contribution in [2.45, 2.75) is 65.0 Å². The third-order valence-corrected chi connectivity index (χ3v) is 7.37. The highest BCUT2D eigenvalue weighted by molar-refractivity contribution is 6.17. The minimum absolute atomic E-state index is 0.0191. The molecule has 0 radical (unpaired) electrons. The number of amides is 1. The van der Waals surface area contributed by atoms with Gasteiger partial charge in [-0.15, -0.1) is 0 Å². The normalized spacial score (nSPS) is 23.5. The third-order valence-electron chi connectivity index (χ3n) is 7.37. The molecule has 5 rings (SSSR count). The molecular formula is C29H34N2O5. The van der Waals surface area contributed by atoms with Gasteiger partial charge in [-0.05, 0) is 73.9 Å². The van der Waals surface area contributed by atoms with Crippen LogP contribution in [0.2, 0.25) is 0 Å². The SMILES string of the molecule is COc1cc(C2C3=C(OC4CCCCC4C3=O)C(=O)N2c2cc(C)ccn2)ccc1OCCC(C)C. The van der Waals surface area contributed by atoms with Crippen LogP contribution in [0.25, 0.3) is 0 Å². The van der Waals surface area contributed by atoms with Crippen molar-refractivity contribution in [1.29, 1.82) is 0 Å². The molecule has 0 bridgehead atoms. The Hall–Kier alpha value is -3.35. The van der Waals surface area contributed by atoms with E-state index >= 15 is 0 Å². The highest BCUT2D eigenvalue weighted by atomic mass is 16.5. The fraction of sp³-hybridized carbons (Fsp3) is 0.483. The van der Waals surface area contributed by atoms with Crippen molar-refractivity contribution in [3.63, 3.8) is 0 Å². The number of rotatable bonds is 7. The molecule has 3 aliphatic rings. The van der Waals surface area contributed by atoms with E-state index in [0.717, 1.165) is 43.2 Å². The highest BCUT2D eigenvalue weighted by Crippen LogP contribution is 2.49. The number of carbonyl (C=O) groups is 2. The Balaban J connectivity index is 1.58. The molecule has 3 unspecified atom stereocenters. The monoisotopic (exact) mass is 490 g/mol. The molecule has 1 amide bonds. The number of methoxy groups -OCH3 is 1. The van der Waals surface area contributed by atoms with Crippen LogP contribution in [0.15, 0.2) is 47.9 Å². The number of nitrogens with zero attached hydrogens (tertiary/aromatic N) is 2. The lowest BCUT2D eigenvalue weighted by Crippen LogP contribution is -2.39. The van der Waals surface area contributed by atoms with E-state index in [9.17, 15) is 9.59 Å². The van der Waals surface area contributed by atoms with E-state index in [1.807, 2.05) is 37.3 Å². The summed E-state index contributed by atoms with van der Waals surface area (Å²) in [5.74, 6) is 1.89. The molecule has 36 heavy (non-hydrogen) atoms. The van der Waals surface area contributed by atoms with Crippen LogP contribution in [0.5, 0.6) is 11.5 Å². The van der Waals surface area contributed by atoms with Crippen LogP contribution in [0.1, 0.15) is 63.1 Å². The first kappa shape index (κ1) is 24.3. The molecule has 1 fully saturated rings. The molecule has 1 aromatic carbocycles. The van der Waals surface area contributed by atoms with Crippen molar-refractivity contribution in [3.8, 4) is 11.5 Å². The Bertz CT molecular complexity index is 1200. The van der Waals surface area contributed by atoms with Crippen LogP contribution in [0, 0.1) is 18.8 Å². The summed E-state index contributed by atoms with van der Waals surface area (Å²) < 4.78 is 17.9. The zero-order valence-electron chi connectivity index (χ0n) is 21.5. The fourth-order valence-corrected chi connectivity index (χ4v) is 5.43. The fourth-order valence-electron chi connectivity index (χ4n) is 5.43. The average Bonchev–Trinajstić information content (AvgIpc) is 3.16. The van der Waals surface area contributed by atoms with Crippen LogP contribution < -0.4 is 14.4 Å². The van der Waals surface area contributed by atoms with Crippen LogP contribution in [0.4, 0.5) is 5.82 Å². The summed E-state index contributed by atoms with van der Waals surface area (Å²) in [5.41, 5.74) is 2.17. The Morgan fingerprint density at radius 2 is 1.92 bits per heavy atom. The number of Topliss-reactive ketones (excluding diaryl/α,β-unsaturated/α-hetero) is 1. The number of fused-ring (bicyclic) bond motifs is 1. The number of hydrogen-bond donors (Lipinski definition) is 0. The standard InChI is InChI=1S/C29H34N2O5/c1-17(2)12-14-35-22-10-9-19(16-23(22)34-4)26-25-27(32)20-7-5-6-8-21(20)36-28(25)29(33)31(26)24-15-18(3)11-13-30-24/h9-11,13,15-17,20-21,26H,5-8,12,14H2,1-4H3. The van der Waals surface area contributed by atoms with Crippen molar-refractivity contribution in [1.82, 2.24) is 4.98 Å². The molecule has 3 heterocycles. The number of hydrogen-bond acceptors (Lipinski definition) is 6. The van der Waals surface area contributed by atoms with Gasteiger partial charge in [0.1, 0.15) is 11.9 Å². The second-order valence-corrected chi connectivity index (χ2v) is 10.4. The molecule has 3 atom stereocenters. The highest BCUT2D eigenvalue weighted by Gasteiger charge is 2.52. The summed E-state index contributed by atoms with van der Waals surface area (Å²) in [4.78, 5) is 33.7. The lowest BCUT2D eigenvalue weighted by Gasteiger charge is -2.35. The van der Waals surface area contributed by atoms with Crippen molar-refractivity contribution in [2.24, 2.45) is 11.8 Å². The van der Waals surface area contributed by atoms with Crippen LogP contribution in [-0.4, -0.2) is 36.5 Å². The predicted molar refractivity (Wildman–Crippen MR) is 136 cm³/mol. The van der Waals surface area contributed by atoms with Crippen molar-refractivity contribution in [3.05, 3.63) is 59.0 Å². The van der Waals surface area contributed by atoms with E-state index in [0.29, 0.717) is 35.4 Å². The first-order valence-corrected chi connectivity index (χ1v) is 12.9. The third kappa shape index (κ3) is 4.36. The minimum Gasteiger partial charge on any atom is -0.493 e. The predicted octanol–water partition coefficient (Wildman–Crippen LogP) is 5.32. The first-order valence-electron chi connectivity index (χ1n) is 12.9. The quantitative estimate of drug-likeness (QED) is 0.523. The van der Waals surface area contributed by atoms with Gasteiger partial charge in [0.2, 0.25) is 0 Å². The Morgan fingerprint density at radius 1 is 1.11 bits per heavy atom. The molecule has 0 N–H and O–H groups in total. The van der Waals surface area contributed by atoms with Gasteiger partial charge >= 0.3 is 0 Å². The van der Waals surface area contributed by atoms with E-state index in [2.05, 4.69) is 18.8 Å². The lowest BCUT2D eigenvalue weighted by molar-refractivity contribution is -0.131. The maximum atomic E-state index is 13.8. The number of anilines is 1. The summed E-state index contributed by atoms with van der Waals surface area (Å²) in [6.45, 7) is 6.84. The molecule has 1 aliphatic carbocycles. The molecular weight excluding hydrogens is 456 g/mol. The summed E-state index contributed by atoms with van der Waals surface area (Å²) in [5, 5.41) is 0. The van der Waals surface area contributed by atoms with Gasteiger partial charge in [-0.25, -0.2) is 4.98 Å². The Labute approximate surface area is 212 Å². The van der Waals surface area contributed by atoms with Gasteiger partial charge in [0.05, 0.1) is 31.2 Å². The van der Waals surface area contributed by atoms with Crippen molar-refractivity contribution in [2.75, 3.05) is 18.6 Å². The summed E-state index contributed by atoms with van der Waals surface area (Å²) in [7, 11) is 1.60. The van der Waals surface area contributed by atoms with E-state index in [1.54, 1.807) is 18.2 Å². The number of benzene rings is 1. The Kier molecular flexibility index (Phi) is 6.73. The largest absolute Gasteiger partial charge is 0.493 e. The average molecular weight is 491 g/mol. The van der Waals surface area contributed by atoms with Gasteiger partial charge < -0.3 is 14.2 Å². The molecule has 0 saturated heterocycles. The van der Waals surface area contributed by atoms with Gasteiger partial charge in [0.15, 0.2) is 23.0 Å². The number of aryl methyl sites for hydroxylation is 1. The number of aromatic nitrogens is 1. The van der Waals surface area contributed by atoms with E-state index in [-0.39, 0.29) is 29.5 Å². The summed E-state index contributed by atoms with van der Waals surface area (Å²) in [6, 6.07) is 8.73. The zero-order valence-corrected chi connectivity index (χ0v) is 21.5. The van der Waals surface area contributed by atoms with Gasteiger partial charge in [-0.3, -0.25) is 14.5 Å². The molecule has 7 heteroatoms. The molecule has 0 spiro atoms. The van der Waals surface area contributed by atoms with E-state index in [1.165, 1.54) is 0 Å². The molecule has 7 nitrogen and oxygen atoms in total. The number of pyridine rings is 1. The molecule has 2 aromatic rings. The molecule has 1 aromatic heterocycles. The first-order chi connectivity index (χ1) is 17.4. The van der Waals surface area contributed by atoms with Crippen molar-refractivity contribution < 1.29 is 23.8 Å². The number of ether oxygens (including phenoxy) is 3. The van der Waals surface area contributed by atoms with E-state index < -0.39 is 6.04 Å². The lowest BCUT2D eigenvalue weighted by atomic mass is 9.77. The summed E-state index contributed by atoms with van der Waals surface area (Å²) in [6.07, 6.45) is 5.97. The zero-order chi connectivity index (χ0) is 25.4. The molecule has 1 saturated carbocycles. The van der Waals surface area contributed by atoms with Gasteiger partial charge in [-0.2, -0.15) is 0 Å². The summed E-state index contributed by atoms with van der Waals surface area (Å²) >= 11 is 0. The van der Waals surface area contributed by atoms with Crippen LogP contribution in [0.3, 0.4) is 0 Å². The van der Waals surface area contributed by atoms with Gasteiger partial charge in [-0.1, -0.05) is 26.3 Å². The Morgan fingerprint density at radius 3 is 2.67 bits per heavy atom. The second kappa shape index (κ2) is 9.96. The maximum absolute atomic E-state index is 13.8. The smallest absolute Gasteiger partial charge is 0.295 e. The van der Waals surface area contributed by atoms with Crippen molar-refractivity contribution >= 4 is 17.5 Å². The topological polar surface area (TPSA) is 78.0 Å². The van der Waals surface area contributed by atoms with Gasteiger partial charge in [0, 0.05) is 6.20 Å². The second-order valence-electron chi connectivity index (χ2n) is 10.4. The minimum atomic E-state index is -0.643. The molecule has 190 valence electrons.